The average molecular weight is 744 g/mol. The third kappa shape index (κ3) is 5.33. The third-order valence-corrected chi connectivity index (χ3v) is 12.0. The lowest BCUT2D eigenvalue weighted by Gasteiger charge is -2.22. The fraction of sp³-hybridized carbons (Fsp3) is 0.0556. The summed E-state index contributed by atoms with van der Waals surface area (Å²) >= 11 is 0. The van der Waals surface area contributed by atoms with Crippen LogP contribution in [-0.4, -0.2) is 15.4 Å². The van der Waals surface area contributed by atoms with Crippen LogP contribution in [0.3, 0.4) is 0 Å². The minimum absolute atomic E-state index is 0.777. The van der Waals surface area contributed by atoms with Gasteiger partial charge in [0, 0.05) is 27.5 Å². The van der Waals surface area contributed by atoms with Gasteiger partial charge in [-0.3, -0.25) is 0 Å². The van der Waals surface area contributed by atoms with E-state index in [1.165, 1.54) is 50.1 Å². The minimum Gasteiger partial charge on any atom is -0.456 e. The molecule has 2 aromatic heterocycles. The van der Waals surface area contributed by atoms with Gasteiger partial charge in [-0.05, 0) is 116 Å². The molecule has 0 radical (unpaired) electrons. The Labute approximate surface area is 337 Å². The maximum atomic E-state index is 6.65. The van der Waals surface area contributed by atoms with Gasteiger partial charge in [0.1, 0.15) is 22.6 Å². The number of benzene rings is 8. The van der Waals surface area contributed by atoms with Crippen LogP contribution in [0.1, 0.15) is 22.3 Å². The maximum absolute atomic E-state index is 6.65. The van der Waals surface area contributed by atoms with E-state index in [-0.39, 0.29) is 0 Å². The van der Waals surface area contributed by atoms with Crippen molar-refractivity contribution in [2.24, 2.45) is 0 Å². The molecule has 1 aliphatic rings. The Bertz CT molecular complexity index is 3220. The van der Waals surface area contributed by atoms with Crippen LogP contribution in [0, 0.1) is 13.8 Å². The van der Waals surface area contributed by atoms with E-state index in [1.807, 2.05) is 18.2 Å². The standard InChI is InChI=1S/C54H37N3O/c1-33-31-45-39-23-10-9-21-37(39)32-46(45)49(34(33)2)52-53(36-19-7-4-8-20-36)55-57-56-54(52)51-43(29-30-48-50(51)44-27-15-16-28-47(44)58-48)42-26-14-13-25-41(42)40-24-12-11-22-38(40)35-17-5-3-6-18-35/h3-31H,32H2,1-2H3. The van der Waals surface area contributed by atoms with Crippen LogP contribution in [0.2, 0.25) is 0 Å². The summed E-state index contributed by atoms with van der Waals surface area (Å²) in [5, 5.41) is 16.7. The van der Waals surface area contributed by atoms with Crippen LogP contribution in [0.25, 0.3) is 100 Å². The van der Waals surface area contributed by atoms with Gasteiger partial charge in [-0.25, -0.2) is 0 Å². The van der Waals surface area contributed by atoms with Crippen molar-refractivity contribution in [2.75, 3.05) is 0 Å². The van der Waals surface area contributed by atoms with Gasteiger partial charge in [0.2, 0.25) is 0 Å². The highest BCUT2D eigenvalue weighted by Crippen LogP contribution is 2.52. The van der Waals surface area contributed by atoms with Gasteiger partial charge in [-0.15, -0.1) is 10.2 Å². The van der Waals surface area contributed by atoms with Gasteiger partial charge < -0.3 is 4.42 Å². The SMILES string of the molecule is Cc1cc2c(c(-c3c(-c4ccccc4)nnnc3-c3c(-c4ccccc4-c4ccccc4-c4ccccc4)ccc4oc5ccccc5c34)c1C)Cc1ccccc1-2. The summed E-state index contributed by atoms with van der Waals surface area (Å²) in [7, 11) is 0. The van der Waals surface area contributed by atoms with Crippen LogP contribution >= 0.6 is 0 Å². The Hall–Kier alpha value is -7.43. The first-order valence-corrected chi connectivity index (χ1v) is 19.8. The van der Waals surface area contributed by atoms with Gasteiger partial charge in [0.25, 0.3) is 0 Å². The molecule has 0 amide bonds. The predicted molar refractivity (Wildman–Crippen MR) is 237 cm³/mol. The Morgan fingerprint density at radius 2 is 1.02 bits per heavy atom. The number of furan rings is 1. The average Bonchev–Trinajstić information content (AvgIpc) is 3.85. The van der Waals surface area contributed by atoms with Crippen molar-refractivity contribution in [1.29, 1.82) is 0 Å². The monoisotopic (exact) mass is 743 g/mol. The molecule has 274 valence electrons. The number of hydrogen-bond donors (Lipinski definition) is 0. The normalized spacial score (nSPS) is 11.9. The van der Waals surface area contributed by atoms with E-state index in [2.05, 4.69) is 177 Å². The quantitative estimate of drug-likeness (QED) is 0.170. The van der Waals surface area contributed by atoms with E-state index in [4.69, 9.17) is 14.6 Å². The fourth-order valence-corrected chi connectivity index (χ4v) is 9.22. The highest BCUT2D eigenvalue weighted by atomic mass is 16.3. The molecule has 0 N–H and O–H groups in total. The smallest absolute Gasteiger partial charge is 0.136 e. The summed E-state index contributed by atoms with van der Waals surface area (Å²) in [5.74, 6) is 0. The molecule has 4 nitrogen and oxygen atoms in total. The topological polar surface area (TPSA) is 51.8 Å². The number of aryl methyl sites for hydroxylation is 1. The molecule has 1 aliphatic carbocycles. The van der Waals surface area contributed by atoms with Crippen LogP contribution in [0.5, 0.6) is 0 Å². The lowest BCUT2D eigenvalue weighted by atomic mass is 9.82. The van der Waals surface area contributed by atoms with E-state index >= 15 is 0 Å². The van der Waals surface area contributed by atoms with E-state index in [9.17, 15) is 0 Å². The molecule has 8 aromatic carbocycles. The Morgan fingerprint density at radius 3 is 1.78 bits per heavy atom. The number of fused-ring (bicyclic) bond motifs is 6. The van der Waals surface area contributed by atoms with E-state index < -0.39 is 0 Å². The third-order valence-electron chi connectivity index (χ3n) is 12.0. The minimum atomic E-state index is 0.777. The lowest BCUT2D eigenvalue weighted by molar-refractivity contribution is 0.669. The van der Waals surface area contributed by atoms with Crippen LogP contribution in [-0.2, 0) is 6.42 Å². The lowest BCUT2D eigenvalue weighted by Crippen LogP contribution is -2.05. The molecule has 0 atom stereocenters. The molecule has 0 saturated carbocycles. The van der Waals surface area contributed by atoms with Crippen molar-refractivity contribution in [2.45, 2.75) is 20.3 Å². The Morgan fingerprint density at radius 1 is 0.431 bits per heavy atom. The number of aromatic nitrogens is 3. The first kappa shape index (κ1) is 33.9. The number of rotatable bonds is 6. The zero-order chi connectivity index (χ0) is 38.7. The maximum Gasteiger partial charge on any atom is 0.136 e. The Kier molecular flexibility index (Phi) is 7.97. The molecule has 4 heteroatoms. The molecule has 0 unspecified atom stereocenters. The first-order chi connectivity index (χ1) is 28.6. The summed E-state index contributed by atoms with van der Waals surface area (Å²) in [4.78, 5) is 0. The molecule has 0 fully saturated rings. The van der Waals surface area contributed by atoms with Gasteiger partial charge in [-0.2, -0.15) is 0 Å². The highest BCUT2D eigenvalue weighted by Gasteiger charge is 2.31. The summed E-state index contributed by atoms with van der Waals surface area (Å²) in [5.41, 5.74) is 21.7. The van der Waals surface area contributed by atoms with Crippen LogP contribution in [0.15, 0.2) is 180 Å². The Balaban J connectivity index is 1.28. The van der Waals surface area contributed by atoms with Gasteiger partial charge in [0.05, 0.1) is 0 Å². The summed E-state index contributed by atoms with van der Waals surface area (Å²) in [6, 6.07) is 62.3. The molecular formula is C54H37N3O. The number of nitrogens with zero attached hydrogens (tertiary/aromatic N) is 3. The van der Waals surface area contributed by atoms with Crippen molar-refractivity contribution < 1.29 is 4.42 Å². The summed E-state index contributed by atoms with van der Waals surface area (Å²) in [6.45, 7) is 4.47. The summed E-state index contributed by atoms with van der Waals surface area (Å²) in [6.07, 6.45) is 0.822. The molecule has 10 aromatic rings. The van der Waals surface area contributed by atoms with Crippen molar-refractivity contribution in [3.8, 4) is 78.1 Å². The van der Waals surface area contributed by atoms with Gasteiger partial charge in [0.15, 0.2) is 0 Å². The van der Waals surface area contributed by atoms with Gasteiger partial charge >= 0.3 is 0 Å². The first-order valence-electron chi connectivity index (χ1n) is 19.8. The van der Waals surface area contributed by atoms with Crippen molar-refractivity contribution in [3.63, 3.8) is 0 Å². The van der Waals surface area contributed by atoms with Crippen molar-refractivity contribution in [3.05, 3.63) is 198 Å². The van der Waals surface area contributed by atoms with Crippen LogP contribution < -0.4 is 0 Å². The van der Waals surface area contributed by atoms with E-state index in [0.29, 0.717) is 0 Å². The number of hydrogen-bond acceptors (Lipinski definition) is 4. The van der Waals surface area contributed by atoms with Crippen molar-refractivity contribution >= 4 is 21.9 Å². The molecule has 0 bridgehead atoms. The molecule has 0 aliphatic heterocycles. The zero-order valence-electron chi connectivity index (χ0n) is 32.2. The van der Waals surface area contributed by atoms with Crippen LogP contribution in [0.4, 0.5) is 0 Å². The predicted octanol–water partition coefficient (Wildman–Crippen LogP) is 14.0. The second kappa shape index (κ2) is 13.6. The molecule has 11 rings (SSSR count). The molecule has 0 spiro atoms. The van der Waals surface area contributed by atoms with Crippen molar-refractivity contribution in [1.82, 2.24) is 15.4 Å². The molecular weight excluding hydrogens is 707 g/mol. The zero-order valence-corrected chi connectivity index (χ0v) is 32.2. The summed E-state index contributed by atoms with van der Waals surface area (Å²) < 4.78 is 6.65. The second-order valence-electron chi connectivity index (χ2n) is 15.2. The molecule has 2 heterocycles. The number of para-hydroxylation sites is 1. The van der Waals surface area contributed by atoms with Gasteiger partial charge in [-0.1, -0.05) is 158 Å². The fourth-order valence-electron chi connectivity index (χ4n) is 9.22. The molecule has 0 saturated heterocycles. The molecule has 58 heavy (non-hydrogen) atoms. The highest BCUT2D eigenvalue weighted by molar-refractivity contribution is 6.18. The van der Waals surface area contributed by atoms with E-state index in [1.54, 1.807) is 0 Å². The second-order valence-corrected chi connectivity index (χ2v) is 15.2. The largest absolute Gasteiger partial charge is 0.456 e. The van der Waals surface area contributed by atoms with E-state index in [0.717, 1.165) is 78.7 Å².